The van der Waals surface area contributed by atoms with Gasteiger partial charge in [0.15, 0.2) is 0 Å². The fourth-order valence-electron chi connectivity index (χ4n) is 2.19. The van der Waals surface area contributed by atoms with Crippen molar-refractivity contribution in [2.24, 2.45) is 7.05 Å². The number of likely N-dealkylation sites (N-methyl/N-ethyl adjacent to an activating group) is 1. The molecule has 0 amide bonds. The van der Waals surface area contributed by atoms with Gasteiger partial charge in [0.25, 0.3) is 0 Å². The van der Waals surface area contributed by atoms with Crippen LogP contribution in [0.3, 0.4) is 0 Å². The van der Waals surface area contributed by atoms with Gasteiger partial charge in [0.2, 0.25) is 0 Å². The van der Waals surface area contributed by atoms with Crippen LogP contribution in [0.25, 0.3) is 0 Å². The minimum atomic E-state index is 0.192. The second-order valence-electron chi connectivity index (χ2n) is 4.55. The Bertz CT molecular complexity index is 550. The van der Waals surface area contributed by atoms with Crippen molar-refractivity contribution in [3.05, 3.63) is 46.5 Å². The van der Waals surface area contributed by atoms with E-state index in [2.05, 4.69) is 28.4 Å². The number of halogens is 1. The number of aromatic nitrogens is 3. The van der Waals surface area contributed by atoms with Gasteiger partial charge < -0.3 is 5.32 Å². The smallest absolute Gasteiger partial charge is 0.0625 e. The average Bonchev–Trinajstić information content (AvgIpc) is 2.79. The first-order chi connectivity index (χ1) is 9.15. The molecule has 0 aromatic carbocycles. The Balaban J connectivity index is 2.25. The molecule has 4 nitrogen and oxygen atoms in total. The van der Waals surface area contributed by atoms with Crippen molar-refractivity contribution in [2.45, 2.75) is 25.8 Å². The molecule has 2 aromatic rings. The summed E-state index contributed by atoms with van der Waals surface area (Å²) >= 11 is 6.17. The van der Waals surface area contributed by atoms with Crippen LogP contribution >= 0.6 is 11.6 Å². The molecule has 0 spiro atoms. The molecule has 0 saturated heterocycles. The summed E-state index contributed by atoms with van der Waals surface area (Å²) in [5, 5.41) is 8.53. The van der Waals surface area contributed by atoms with E-state index in [4.69, 9.17) is 11.6 Å². The van der Waals surface area contributed by atoms with Gasteiger partial charge in [0, 0.05) is 19.4 Å². The first-order valence-corrected chi connectivity index (χ1v) is 6.82. The molecule has 0 aliphatic carbocycles. The minimum Gasteiger partial charge on any atom is -0.311 e. The van der Waals surface area contributed by atoms with Crippen LogP contribution in [-0.2, 0) is 19.9 Å². The molecule has 0 saturated carbocycles. The van der Waals surface area contributed by atoms with E-state index in [1.54, 1.807) is 12.4 Å². The lowest BCUT2D eigenvalue weighted by Crippen LogP contribution is -2.21. The zero-order valence-electron chi connectivity index (χ0n) is 11.5. The van der Waals surface area contributed by atoms with E-state index < -0.39 is 0 Å². The SMILES string of the molecule is CCc1cc(C(Cc2ccncc2Cl)NC)n(C)n1. The molecule has 2 rings (SSSR count). The van der Waals surface area contributed by atoms with Crippen molar-refractivity contribution in [3.63, 3.8) is 0 Å². The maximum absolute atomic E-state index is 6.17. The number of pyridine rings is 1. The van der Waals surface area contributed by atoms with Crippen molar-refractivity contribution >= 4 is 11.6 Å². The Morgan fingerprint density at radius 2 is 2.26 bits per heavy atom. The van der Waals surface area contributed by atoms with Gasteiger partial charge in [0.1, 0.15) is 0 Å². The summed E-state index contributed by atoms with van der Waals surface area (Å²) in [6, 6.07) is 4.30. The number of aryl methyl sites for hydroxylation is 2. The molecule has 19 heavy (non-hydrogen) atoms. The summed E-state index contributed by atoms with van der Waals surface area (Å²) in [6.07, 6.45) is 5.22. The van der Waals surface area contributed by atoms with Crippen molar-refractivity contribution in [3.8, 4) is 0 Å². The lowest BCUT2D eigenvalue weighted by atomic mass is 10.0. The summed E-state index contributed by atoms with van der Waals surface area (Å²) in [4.78, 5) is 4.02. The molecule has 2 aromatic heterocycles. The lowest BCUT2D eigenvalue weighted by Gasteiger charge is -2.17. The van der Waals surface area contributed by atoms with Gasteiger partial charge in [-0.3, -0.25) is 9.67 Å². The molecule has 1 unspecified atom stereocenters. The van der Waals surface area contributed by atoms with Gasteiger partial charge in [0.05, 0.1) is 22.5 Å². The molecule has 102 valence electrons. The normalized spacial score (nSPS) is 12.6. The van der Waals surface area contributed by atoms with E-state index >= 15 is 0 Å². The molecule has 0 bridgehead atoms. The van der Waals surface area contributed by atoms with Crippen molar-refractivity contribution < 1.29 is 0 Å². The molecule has 1 N–H and O–H groups in total. The summed E-state index contributed by atoms with van der Waals surface area (Å²) in [7, 11) is 3.94. The van der Waals surface area contributed by atoms with Crippen LogP contribution in [0.5, 0.6) is 0 Å². The highest BCUT2D eigenvalue weighted by Crippen LogP contribution is 2.23. The third kappa shape index (κ3) is 3.14. The molecule has 0 aliphatic heterocycles. The topological polar surface area (TPSA) is 42.7 Å². The Labute approximate surface area is 118 Å². The molecule has 2 heterocycles. The third-order valence-corrected chi connectivity index (χ3v) is 3.66. The van der Waals surface area contributed by atoms with E-state index in [-0.39, 0.29) is 6.04 Å². The molecule has 1 atom stereocenters. The highest BCUT2D eigenvalue weighted by Gasteiger charge is 2.16. The van der Waals surface area contributed by atoms with Crippen LogP contribution in [0.15, 0.2) is 24.5 Å². The van der Waals surface area contributed by atoms with Crippen LogP contribution in [-0.4, -0.2) is 21.8 Å². The van der Waals surface area contributed by atoms with Crippen LogP contribution in [0, 0.1) is 0 Å². The maximum Gasteiger partial charge on any atom is 0.0625 e. The quantitative estimate of drug-likeness (QED) is 0.914. The molecule has 0 aliphatic rings. The summed E-state index contributed by atoms with van der Waals surface area (Å²) in [5.41, 5.74) is 3.38. The van der Waals surface area contributed by atoms with Gasteiger partial charge >= 0.3 is 0 Å². The molecular weight excluding hydrogens is 260 g/mol. The number of rotatable bonds is 5. The van der Waals surface area contributed by atoms with Crippen molar-refractivity contribution in [1.29, 1.82) is 0 Å². The molecule has 0 fully saturated rings. The average molecular weight is 279 g/mol. The van der Waals surface area contributed by atoms with E-state index in [1.807, 2.05) is 24.8 Å². The number of hydrogen-bond donors (Lipinski definition) is 1. The van der Waals surface area contributed by atoms with Crippen LogP contribution < -0.4 is 5.32 Å². The van der Waals surface area contributed by atoms with E-state index in [0.29, 0.717) is 5.02 Å². The van der Waals surface area contributed by atoms with Gasteiger partial charge in [-0.25, -0.2) is 0 Å². The maximum atomic E-state index is 6.17. The van der Waals surface area contributed by atoms with Crippen LogP contribution in [0.2, 0.25) is 5.02 Å². The highest BCUT2D eigenvalue weighted by atomic mass is 35.5. The highest BCUT2D eigenvalue weighted by molar-refractivity contribution is 6.31. The van der Waals surface area contributed by atoms with Crippen LogP contribution in [0.1, 0.15) is 29.9 Å². The summed E-state index contributed by atoms with van der Waals surface area (Å²) in [6.45, 7) is 2.11. The fourth-order valence-corrected chi connectivity index (χ4v) is 2.38. The van der Waals surface area contributed by atoms with E-state index in [0.717, 1.165) is 24.1 Å². The minimum absolute atomic E-state index is 0.192. The largest absolute Gasteiger partial charge is 0.311 e. The Kier molecular flexibility index (Phi) is 4.56. The van der Waals surface area contributed by atoms with Gasteiger partial charge in [-0.1, -0.05) is 18.5 Å². The molecule has 5 heteroatoms. The van der Waals surface area contributed by atoms with Crippen LogP contribution in [0.4, 0.5) is 0 Å². The molecular formula is C14H19ClN4. The molecule has 0 radical (unpaired) electrons. The third-order valence-electron chi connectivity index (χ3n) is 3.31. The summed E-state index contributed by atoms with van der Waals surface area (Å²) < 4.78 is 1.94. The first kappa shape index (κ1) is 14.0. The van der Waals surface area contributed by atoms with Gasteiger partial charge in [-0.05, 0) is 37.6 Å². The van der Waals surface area contributed by atoms with Gasteiger partial charge in [-0.15, -0.1) is 0 Å². The number of nitrogens with one attached hydrogen (secondary N) is 1. The monoisotopic (exact) mass is 278 g/mol. The Hall–Kier alpha value is -1.39. The Morgan fingerprint density at radius 3 is 2.84 bits per heavy atom. The second kappa shape index (κ2) is 6.17. The lowest BCUT2D eigenvalue weighted by molar-refractivity contribution is 0.536. The zero-order chi connectivity index (χ0) is 13.8. The second-order valence-corrected chi connectivity index (χ2v) is 4.96. The standard InChI is InChI=1S/C14H19ClN4/c1-4-11-8-14(19(3)18-11)13(16-2)7-10-5-6-17-9-12(10)15/h5-6,8-9,13,16H,4,7H2,1-3H3. The van der Waals surface area contributed by atoms with Gasteiger partial charge in [-0.2, -0.15) is 5.10 Å². The summed E-state index contributed by atoms with van der Waals surface area (Å²) in [5.74, 6) is 0. The fraction of sp³-hybridized carbons (Fsp3) is 0.429. The predicted octanol–water partition coefficient (Wildman–Crippen LogP) is 2.53. The zero-order valence-corrected chi connectivity index (χ0v) is 12.3. The van der Waals surface area contributed by atoms with E-state index in [9.17, 15) is 0 Å². The first-order valence-electron chi connectivity index (χ1n) is 6.44. The van der Waals surface area contributed by atoms with E-state index in [1.165, 1.54) is 5.69 Å². The Morgan fingerprint density at radius 1 is 1.47 bits per heavy atom. The number of nitrogens with zero attached hydrogens (tertiary/aromatic N) is 3. The number of hydrogen-bond acceptors (Lipinski definition) is 3. The van der Waals surface area contributed by atoms with Crippen molar-refractivity contribution in [2.75, 3.05) is 7.05 Å². The predicted molar refractivity (Wildman–Crippen MR) is 77.3 cm³/mol. The van der Waals surface area contributed by atoms with Crippen molar-refractivity contribution in [1.82, 2.24) is 20.1 Å².